The number of hydrogen-bond donors (Lipinski definition) is 0. The summed E-state index contributed by atoms with van der Waals surface area (Å²) < 4.78 is 1.42. The molecule has 2 heteroatoms. The van der Waals surface area contributed by atoms with Gasteiger partial charge in [-0.05, 0) is 25.7 Å². The number of hydrogen-bond acceptors (Lipinski definition) is 0. The van der Waals surface area contributed by atoms with Crippen LogP contribution in [0.2, 0.25) is 0 Å². The molecule has 0 bridgehead atoms. The van der Waals surface area contributed by atoms with Gasteiger partial charge in [0.2, 0.25) is 0 Å². The normalized spacial score (nSPS) is 11.3. The Hall–Kier alpha value is 0.622. The summed E-state index contributed by atoms with van der Waals surface area (Å²) in [6, 6.07) is 0. The van der Waals surface area contributed by atoms with Gasteiger partial charge in [0.15, 0.2) is 0 Å². The van der Waals surface area contributed by atoms with Gasteiger partial charge >= 0.3 is 0 Å². The molecule has 0 aliphatic carbocycles. The SMILES string of the molecule is CCCC[N+](CCCC)(CCCC)CCCC.[Pd]. The number of unbranched alkanes of at least 4 members (excludes halogenated alkanes) is 4. The first-order valence-electron chi connectivity index (χ1n) is 8.09. The average Bonchev–Trinajstić information content (AvgIpc) is 2.37. The zero-order valence-corrected chi connectivity index (χ0v) is 14.8. The fourth-order valence-electron chi connectivity index (χ4n) is 2.64. The minimum absolute atomic E-state index is 0. The fourth-order valence-corrected chi connectivity index (χ4v) is 2.64. The molecule has 0 heterocycles. The molecule has 0 aliphatic rings. The molecule has 0 aromatic heterocycles. The van der Waals surface area contributed by atoms with Crippen LogP contribution in [0.1, 0.15) is 79.1 Å². The Morgan fingerprint density at radius 1 is 0.500 bits per heavy atom. The Morgan fingerprint density at radius 2 is 0.722 bits per heavy atom. The van der Waals surface area contributed by atoms with Crippen LogP contribution in [0.3, 0.4) is 0 Å². The Kier molecular flexibility index (Phi) is 16.3. The Morgan fingerprint density at radius 3 is 0.889 bits per heavy atom. The zero-order valence-electron chi connectivity index (χ0n) is 13.2. The van der Waals surface area contributed by atoms with Crippen LogP contribution >= 0.6 is 0 Å². The van der Waals surface area contributed by atoms with Crippen molar-refractivity contribution in [3.63, 3.8) is 0 Å². The van der Waals surface area contributed by atoms with Crippen LogP contribution in [0, 0.1) is 0 Å². The standard InChI is InChI=1S/C16H36N.Pd/c1-5-9-13-17(14-10-6-2,15-11-7-3)16-12-8-4;/h5-16H2,1-4H3;/q+1;. The molecule has 0 radical (unpaired) electrons. The van der Waals surface area contributed by atoms with Gasteiger partial charge in [0.25, 0.3) is 0 Å². The summed E-state index contributed by atoms with van der Waals surface area (Å²) >= 11 is 0. The topological polar surface area (TPSA) is 0 Å². The summed E-state index contributed by atoms with van der Waals surface area (Å²) in [7, 11) is 0. The van der Waals surface area contributed by atoms with Gasteiger partial charge in [-0.15, -0.1) is 0 Å². The molecule has 0 aromatic carbocycles. The first-order chi connectivity index (χ1) is 8.24. The van der Waals surface area contributed by atoms with E-state index >= 15 is 0 Å². The maximum atomic E-state index is 2.33. The van der Waals surface area contributed by atoms with Crippen LogP contribution in [-0.4, -0.2) is 30.7 Å². The fraction of sp³-hybridized carbons (Fsp3) is 1.00. The molecular weight excluding hydrogens is 313 g/mol. The van der Waals surface area contributed by atoms with Crippen molar-refractivity contribution in [3.05, 3.63) is 0 Å². The first-order valence-corrected chi connectivity index (χ1v) is 8.09. The summed E-state index contributed by atoms with van der Waals surface area (Å²) in [5.74, 6) is 0. The van der Waals surface area contributed by atoms with Crippen LogP contribution < -0.4 is 0 Å². The molecule has 0 fully saturated rings. The van der Waals surface area contributed by atoms with E-state index in [-0.39, 0.29) is 20.4 Å². The summed E-state index contributed by atoms with van der Waals surface area (Å²) in [6.07, 6.45) is 11.1. The van der Waals surface area contributed by atoms with Crippen molar-refractivity contribution in [2.45, 2.75) is 79.1 Å². The molecule has 0 aromatic rings. The van der Waals surface area contributed by atoms with Crippen LogP contribution in [0.25, 0.3) is 0 Å². The molecule has 0 spiro atoms. The van der Waals surface area contributed by atoms with Crippen molar-refractivity contribution in [3.8, 4) is 0 Å². The quantitative estimate of drug-likeness (QED) is 0.344. The molecule has 0 aliphatic heterocycles. The van der Waals surface area contributed by atoms with Crippen molar-refractivity contribution in [1.29, 1.82) is 0 Å². The van der Waals surface area contributed by atoms with E-state index < -0.39 is 0 Å². The minimum atomic E-state index is 0. The maximum absolute atomic E-state index is 2.33. The van der Waals surface area contributed by atoms with Crippen molar-refractivity contribution >= 4 is 0 Å². The van der Waals surface area contributed by atoms with Gasteiger partial charge in [-0.25, -0.2) is 0 Å². The molecule has 0 N–H and O–H groups in total. The summed E-state index contributed by atoms with van der Waals surface area (Å²) in [6.45, 7) is 15.0. The number of nitrogens with zero attached hydrogens (tertiary/aromatic N) is 1. The molecular formula is C16H36NPd+. The molecule has 114 valence electrons. The largest absolute Gasteiger partial charge is 0.324 e. The molecule has 18 heavy (non-hydrogen) atoms. The van der Waals surface area contributed by atoms with Crippen LogP contribution in [0.5, 0.6) is 0 Å². The van der Waals surface area contributed by atoms with Gasteiger partial charge in [0.1, 0.15) is 0 Å². The Bertz CT molecular complexity index is 122. The van der Waals surface area contributed by atoms with Gasteiger partial charge in [-0.3, -0.25) is 0 Å². The van der Waals surface area contributed by atoms with E-state index in [1.165, 1.54) is 82.0 Å². The molecule has 0 saturated carbocycles. The summed E-state index contributed by atoms with van der Waals surface area (Å²) in [5.41, 5.74) is 0. The zero-order chi connectivity index (χ0) is 13.0. The predicted molar refractivity (Wildman–Crippen MR) is 79.4 cm³/mol. The van der Waals surface area contributed by atoms with Gasteiger partial charge < -0.3 is 4.48 Å². The van der Waals surface area contributed by atoms with Crippen molar-refractivity contribution < 1.29 is 24.9 Å². The van der Waals surface area contributed by atoms with E-state index in [0.29, 0.717) is 0 Å². The van der Waals surface area contributed by atoms with E-state index in [1.54, 1.807) is 0 Å². The van der Waals surface area contributed by atoms with Crippen LogP contribution in [0.4, 0.5) is 0 Å². The molecule has 0 atom stereocenters. The second kappa shape index (κ2) is 14.0. The van der Waals surface area contributed by atoms with E-state index in [0.717, 1.165) is 0 Å². The molecule has 0 saturated heterocycles. The molecule has 0 unspecified atom stereocenters. The number of rotatable bonds is 12. The predicted octanol–water partition coefficient (Wildman–Crippen LogP) is 5.00. The van der Waals surface area contributed by atoms with Crippen molar-refractivity contribution in [1.82, 2.24) is 0 Å². The minimum Gasteiger partial charge on any atom is -0.324 e. The third kappa shape index (κ3) is 9.54. The average molecular weight is 349 g/mol. The number of quaternary nitrogens is 1. The second-order valence-corrected chi connectivity index (χ2v) is 5.65. The maximum Gasteiger partial charge on any atom is 0.0786 e. The Balaban J connectivity index is 0. The monoisotopic (exact) mass is 348 g/mol. The van der Waals surface area contributed by atoms with Crippen molar-refractivity contribution in [2.75, 3.05) is 26.2 Å². The second-order valence-electron chi connectivity index (χ2n) is 5.65. The van der Waals surface area contributed by atoms with E-state index in [4.69, 9.17) is 0 Å². The van der Waals surface area contributed by atoms with Gasteiger partial charge in [-0.1, -0.05) is 53.4 Å². The van der Waals surface area contributed by atoms with E-state index in [2.05, 4.69) is 27.7 Å². The Labute approximate surface area is 130 Å². The van der Waals surface area contributed by atoms with Crippen molar-refractivity contribution in [2.24, 2.45) is 0 Å². The van der Waals surface area contributed by atoms with E-state index in [1.807, 2.05) is 0 Å². The summed E-state index contributed by atoms with van der Waals surface area (Å²) in [4.78, 5) is 0. The third-order valence-corrected chi connectivity index (χ3v) is 3.94. The summed E-state index contributed by atoms with van der Waals surface area (Å²) in [5, 5.41) is 0. The smallest absolute Gasteiger partial charge is 0.0786 e. The molecule has 0 rings (SSSR count). The van der Waals surface area contributed by atoms with E-state index in [9.17, 15) is 0 Å². The van der Waals surface area contributed by atoms with Gasteiger partial charge in [0.05, 0.1) is 26.2 Å². The van der Waals surface area contributed by atoms with Gasteiger partial charge in [0, 0.05) is 20.4 Å². The third-order valence-electron chi connectivity index (χ3n) is 3.94. The van der Waals surface area contributed by atoms with Crippen LogP contribution in [-0.2, 0) is 20.4 Å². The van der Waals surface area contributed by atoms with Crippen LogP contribution in [0.15, 0.2) is 0 Å². The molecule has 1 nitrogen and oxygen atoms in total. The molecule has 0 amide bonds. The first kappa shape index (κ1) is 20.9. The van der Waals surface area contributed by atoms with Gasteiger partial charge in [-0.2, -0.15) is 0 Å².